The van der Waals surface area contributed by atoms with E-state index in [1.165, 1.54) is 96.3 Å². The molecule has 0 aromatic rings. The summed E-state index contributed by atoms with van der Waals surface area (Å²) in [4.78, 5) is 20.1. The molecule has 1 N–H and O–H groups in total. The van der Waals surface area contributed by atoms with Gasteiger partial charge in [0.2, 0.25) is 0 Å². The Morgan fingerprint density at radius 3 is 1.90 bits per heavy atom. The molecule has 0 aromatic heterocycles. The van der Waals surface area contributed by atoms with Gasteiger partial charge in [0.1, 0.15) is 0 Å². The van der Waals surface area contributed by atoms with E-state index >= 15 is 0 Å². The summed E-state index contributed by atoms with van der Waals surface area (Å²) in [6, 6.07) is 0. The van der Waals surface area contributed by atoms with Gasteiger partial charge in [0.25, 0.3) is 5.91 Å². The number of nitrogens with one attached hydrogen (secondary N) is 1. The Bertz CT molecular complexity index is 573. The number of amides is 1. The summed E-state index contributed by atoms with van der Waals surface area (Å²) in [6.45, 7) is 7.01. The number of carbonyl (C=O) groups excluding carboxylic acids is 1. The molecule has 2 heterocycles. The summed E-state index contributed by atoms with van der Waals surface area (Å²) in [6.07, 6.45) is 23.1. The van der Waals surface area contributed by atoms with E-state index in [1.54, 1.807) is 11.8 Å². The highest BCUT2D eigenvalue weighted by molar-refractivity contribution is 8.18. The number of carbonyl (C=O) groups is 1. The van der Waals surface area contributed by atoms with Gasteiger partial charge in [-0.15, -0.1) is 0 Å². The van der Waals surface area contributed by atoms with Crippen molar-refractivity contribution in [3.63, 3.8) is 0 Å². The van der Waals surface area contributed by atoms with Gasteiger partial charge in [0, 0.05) is 25.3 Å². The highest BCUT2D eigenvalue weighted by atomic mass is 32.2. The molecule has 2 aliphatic rings. The molecular formula is C26H47N3OS. The first-order chi connectivity index (χ1) is 15.2. The zero-order valence-corrected chi connectivity index (χ0v) is 21.2. The number of allylic oxidation sites excluding steroid dienone is 1. The molecule has 2 rings (SSSR count). The molecular weight excluding hydrogens is 402 g/mol. The summed E-state index contributed by atoms with van der Waals surface area (Å²) in [5.41, 5.74) is 1.08. The van der Waals surface area contributed by atoms with Crippen LogP contribution < -0.4 is 5.32 Å². The van der Waals surface area contributed by atoms with E-state index in [2.05, 4.69) is 22.1 Å². The summed E-state index contributed by atoms with van der Waals surface area (Å²) < 4.78 is 0. The third kappa shape index (κ3) is 10.5. The largest absolute Gasteiger partial charge is 0.352 e. The molecule has 0 aromatic carbocycles. The molecule has 2 aliphatic heterocycles. The second kappa shape index (κ2) is 16.6. The van der Waals surface area contributed by atoms with Crippen molar-refractivity contribution in [3.8, 4) is 0 Å². The Morgan fingerprint density at radius 2 is 1.39 bits per heavy atom. The number of thioether (sulfide) groups is 1. The molecule has 0 fully saturated rings. The van der Waals surface area contributed by atoms with Crippen molar-refractivity contribution < 1.29 is 4.79 Å². The minimum atomic E-state index is 0.0839. The van der Waals surface area contributed by atoms with Gasteiger partial charge >= 0.3 is 0 Å². The van der Waals surface area contributed by atoms with Crippen molar-refractivity contribution in [1.82, 2.24) is 10.2 Å². The Labute approximate surface area is 196 Å². The number of amidine groups is 1. The predicted molar refractivity (Wildman–Crippen MR) is 136 cm³/mol. The van der Waals surface area contributed by atoms with Crippen molar-refractivity contribution in [2.75, 3.05) is 19.6 Å². The maximum absolute atomic E-state index is 12.5. The van der Waals surface area contributed by atoms with E-state index < -0.39 is 0 Å². The molecule has 0 saturated carbocycles. The Hall–Kier alpha value is -0.970. The molecule has 0 saturated heterocycles. The average Bonchev–Trinajstić information content (AvgIpc) is 3.12. The maximum atomic E-state index is 12.5. The summed E-state index contributed by atoms with van der Waals surface area (Å²) in [5.74, 6) is 0.0839. The lowest BCUT2D eigenvalue weighted by Gasteiger charge is -2.23. The van der Waals surface area contributed by atoms with Crippen LogP contribution in [0.4, 0.5) is 0 Å². The number of fused-ring (bicyclic) bond motifs is 1. The van der Waals surface area contributed by atoms with Crippen molar-refractivity contribution in [2.45, 2.75) is 123 Å². The monoisotopic (exact) mass is 449 g/mol. The molecule has 31 heavy (non-hydrogen) atoms. The van der Waals surface area contributed by atoms with Crippen LogP contribution in [0.5, 0.6) is 0 Å². The molecule has 5 heteroatoms. The van der Waals surface area contributed by atoms with Crippen LogP contribution in [0.25, 0.3) is 0 Å². The quantitative estimate of drug-likeness (QED) is 0.222. The van der Waals surface area contributed by atoms with Crippen LogP contribution >= 0.6 is 11.8 Å². The first-order valence-corrected chi connectivity index (χ1v) is 14.0. The number of hydrogen-bond acceptors (Lipinski definition) is 4. The zero-order valence-electron chi connectivity index (χ0n) is 20.4. The van der Waals surface area contributed by atoms with E-state index in [9.17, 15) is 4.79 Å². The molecule has 1 amide bonds. The lowest BCUT2D eigenvalue weighted by Crippen LogP contribution is -2.29. The second-order valence-corrected chi connectivity index (χ2v) is 10.2. The van der Waals surface area contributed by atoms with Gasteiger partial charge in [0.05, 0.1) is 4.91 Å². The highest BCUT2D eigenvalue weighted by Gasteiger charge is 2.31. The van der Waals surface area contributed by atoms with Crippen molar-refractivity contribution in [2.24, 2.45) is 4.99 Å². The number of nitrogens with zero attached hydrogens (tertiary/aromatic N) is 2. The van der Waals surface area contributed by atoms with Crippen LogP contribution in [0.2, 0.25) is 0 Å². The maximum Gasteiger partial charge on any atom is 0.259 e. The van der Waals surface area contributed by atoms with Crippen LogP contribution in [0, 0.1) is 0 Å². The van der Waals surface area contributed by atoms with Crippen LogP contribution in [0.15, 0.2) is 15.6 Å². The Morgan fingerprint density at radius 1 is 0.871 bits per heavy atom. The van der Waals surface area contributed by atoms with Crippen LogP contribution in [0.1, 0.15) is 123 Å². The smallest absolute Gasteiger partial charge is 0.259 e. The molecule has 4 nitrogen and oxygen atoms in total. The molecule has 0 atom stereocenters. The van der Waals surface area contributed by atoms with Gasteiger partial charge < -0.3 is 10.2 Å². The molecule has 178 valence electrons. The number of unbranched alkanes of at least 4 members (excludes halogenated alkanes) is 15. The van der Waals surface area contributed by atoms with Gasteiger partial charge in [0.15, 0.2) is 5.17 Å². The van der Waals surface area contributed by atoms with Crippen LogP contribution in [-0.4, -0.2) is 35.6 Å². The van der Waals surface area contributed by atoms with E-state index in [1.807, 2.05) is 6.92 Å². The fourth-order valence-electron chi connectivity index (χ4n) is 4.44. The third-order valence-corrected chi connectivity index (χ3v) is 7.68. The summed E-state index contributed by atoms with van der Waals surface area (Å²) in [5, 5.41) is 4.13. The summed E-state index contributed by atoms with van der Waals surface area (Å²) in [7, 11) is 0. The SMILES string of the molecule is CCCCCCCCCCCCCCCCCCNC(=O)C1=C(C)N2CCCN=C2S1. The van der Waals surface area contributed by atoms with Crippen LogP contribution in [0.3, 0.4) is 0 Å². The first kappa shape index (κ1) is 26.3. The number of aliphatic imine (C=N–C) groups is 1. The molecule has 0 aliphatic carbocycles. The lowest BCUT2D eigenvalue weighted by molar-refractivity contribution is -0.116. The van der Waals surface area contributed by atoms with Crippen molar-refractivity contribution in [1.29, 1.82) is 0 Å². The van der Waals surface area contributed by atoms with Gasteiger partial charge in [-0.3, -0.25) is 9.79 Å². The van der Waals surface area contributed by atoms with Gasteiger partial charge in [-0.2, -0.15) is 0 Å². The minimum Gasteiger partial charge on any atom is -0.352 e. The molecule has 0 spiro atoms. The van der Waals surface area contributed by atoms with Crippen molar-refractivity contribution >= 4 is 22.8 Å². The minimum absolute atomic E-state index is 0.0839. The van der Waals surface area contributed by atoms with E-state index in [0.29, 0.717) is 0 Å². The van der Waals surface area contributed by atoms with E-state index in [0.717, 1.165) is 48.2 Å². The highest BCUT2D eigenvalue weighted by Crippen LogP contribution is 2.35. The van der Waals surface area contributed by atoms with E-state index in [-0.39, 0.29) is 5.91 Å². The number of rotatable bonds is 18. The summed E-state index contributed by atoms with van der Waals surface area (Å²) >= 11 is 1.54. The fourth-order valence-corrected chi connectivity index (χ4v) is 5.54. The average molecular weight is 450 g/mol. The van der Waals surface area contributed by atoms with E-state index in [4.69, 9.17) is 0 Å². The van der Waals surface area contributed by atoms with Crippen molar-refractivity contribution in [3.05, 3.63) is 10.6 Å². The fraction of sp³-hybridized carbons (Fsp3) is 0.846. The van der Waals surface area contributed by atoms with Gasteiger partial charge in [-0.25, -0.2) is 0 Å². The standard InChI is InChI=1S/C26H47N3OS/c1-3-4-5-6-7-8-9-10-11-12-13-14-15-16-17-18-20-27-25(30)24-23(2)29-22-19-21-28-26(29)31-24/h3-22H2,1-2H3,(H,27,30). The van der Waals surface area contributed by atoms with Gasteiger partial charge in [-0.05, 0) is 31.5 Å². The molecule has 0 bridgehead atoms. The third-order valence-electron chi connectivity index (χ3n) is 6.47. The zero-order chi connectivity index (χ0) is 22.2. The van der Waals surface area contributed by atoms with Gasteiger partial charge in [-0.1, -0.05) is 103 Å². The predicted octanol–water partition coefficient (Wildman–Crippen LogP) is 7.40. The molecule has 0 radical (unpaired) electrons. The Balaban J connectivity index is 1.35. The Kier molecular flexibility index (Phi) is 14.1. The number of hydrogen-bond donors (Lipinski definition) is 1. The second-order valence-electron chi connectivity index (χ2n) is 9.25. The topological polar surface area (TPSA) is 44.7 Å². The normalized spacial score (nSPS) is 15.9. The lowest BCUT2D eigenvalue weighted by atomic mass is 10.0. The first-order valence-electron chi connectivity index (χ1n) is 13.2. The molecule has 0 unspecified atom stereocenters. The van der Waals surface area contributed by atoms with Crippen LogP contribution in [-0.2, 0) is 4.79 Å².